The SMILES string of the molecule is Cc1ccc(C(C)(C)C)cc1C(F)(F)C(=O)O. The lowest BCUT2D eigenvalue weighted by Gasteiger charge is -2.22. The van der Waals surface area contributed by atoms with E-state index in [9.17, 15) is 13.6 Å². The molecule has 0 spiro atoms. The van der Waals surface area contributed by atoms with Crippen LogP contribution >= 0.6 is 0 Å². The Morgan fingerprint density at radius 3 is 2.18 bits per heavy atom. The van der Waals surface area contributed by atoms with Crippen LogP contribution in [0.25, 0.3) is 0 Å². The Kier molecular flexibility index (Phi) is 3.28. The van der Waals surface area contributed by atoms with Gasteiger partial charge in [-0.25, -0.2) is 4.79 Å². The summed E-state index contributed by atoms with van der Waals surface area (Å²) >= 11 is 0. The Hall–Kier alpha value is -1.45. The molecule has 0 radical (unpaired) electrons. The first kappa shape index (κ1) is 13.6. The van der Waals surface area contributed by atoms with Gasteiger partial charge >= 0.3 is 11.9 Å². The Morgan fingerprint density at radius 1 is 1.24 bits per heavy atom. The van der Waals surface area contributed by atoms with E-state index in [4.69, 9.17) is 5.11 Å². The average molecular weight is 242 g/mol. The van der Waals surface area contributed by atoms with Gasteiger partial charge in [0.1, 0.15) is 0 Å². The Labute approximate surface area is 99.3 Å². The van der Waals surface area contributed by atoms with Crippen LogP contribution in [0.1, 0.15) is 37.5 Å². The molecule has 1 N–H and O–H groups in total. The molecule has 0 bridgehead atoms. The fraction of sp³-hybridized carbons (Fsp3) is 0.462. The zero-order valence-electron chi connectivity index (χ0n) is 10.3. The lowest BCUT2D eigenvalue weighted by molar-refractivity contribution is -0.166. The molecule has 0 atom stereocenters. The van der Waals surface area contributed by atoms with E-state index in [0.717, 1.165) is 0 Å². The van der Waals surface area contributed by atoms with Gasteiger partial charge in [-0.3, -0.25) is 0 Å². The highest BCUT2D eigenvalue weighted by Gasteiger charge is 2.42. The number of carbonyl (C=O) groups is 1. The zero-order valence-corrected chi connectivity index (χ0v) is 10.3. The van der Waals surface area contributed by atoms with Gasteiger partial charge in [0.05, 0.1) is 0 Å². The van der Waals surface area contributed by atoms with Gasteiger partial charge in [-0.05, 0) is 29.5 Å². The molecule has 0 amide bonds. The van der Waals surface area contributed by atoms with Crippen molar-refractivity contribution < 1.29 is 18.7 Å². The van der Waals surface area contributed by atoms with E-state index in [0.29, 0.717) is 5.56 Å². The van der Waals surface area contributed by atoms with Crippen LogP contribution in [0.3, 0.4) is 0 Å². The minimum atomic E-state index is -3.84. The third-order valence-corrected chi connectivity index (χ3v) is 2.71. The van der Waals surface area contributed by atoms with Crippen molar-refractivity contribution in [2.75, 3.05) is 0 Å². The number of carboxylic acid groups (broad SMARTS) is 1. The summed E-state index contributed by atoms with van der Waals surface area (Å²) in [6.07, 6.45) is 0. The summed E-state index contributed by atoms with van der Waals surface area (Å²) in [7, 11) is 0. The van der Waals surface area contributed by atoms with Crippen LogP contribution in [0, 0.1) is 6.92 Å². The van der Waals surface area contributed by atoms with Gasteiger partial charge in [-0.2, -0.15) is 8.78 Å². The van der Waals surface area contributed by atoms with E-state index in [1.54, 1.807) is 6.07 Å². The van der Waals surface area contributed by atoms with Crippen molar-refractivity contribution in [3.63, 3.8) is 0 Å². The van der Waals surface area contributed by atoms with Gasteiger partial charge < -0.3 is 5.11 Å². The lowest BCUT2D eigenvalue weighted by Crippen LogP contribution is -2.27. The fourth-order valence-corrected chi connectivity index (χ4v) is 1.54. The Morgan fingerprint density at radius 2 is 1.76 bits per heavy atom. The molecule has 4 heteroatoms. The average Bonchev–Trinajstić information content (AvgIpc) is 2.15. The molecule has 94 valence electrons. The van der Waals surface area contributed by atoms with Crippen molar-refractivity contribution in [1.29, 1.82) is 0 Å². The standard InChI is InChI=1S/C13H16F2O2/c1-8-5-6-9(12(2,3)4)7-10(8)13(14,15)11(16)17/h5-7H,1-4H3,(H,16,17). The van der Waals surface area contributed by atoms with Crippen LogP contribution in [0.2, 0.25) is 0 Å². The summed E-state index contributed by atoms with van der Waals surface area (Å²) in [5.41, 5.74) is 0.249. The van der Waals surface area contributed by atoms with Crippen LogP contribution < -0.4 is 0 Å². The molecule has 1 rings (SSSR count). The molecule has 1 aromatic carbocycles. The molecule has 0 aliphatic rings. The normalized spacial score (nSPS) is 12.6. The molecule has 0 aliphatic carbocycles. The Bertz CT molecular complexity index is 445. The monoisotopic (exact) mass is 242 g/mol. The second-order valence-corrected chi connectivity index (χ2v) is 5.16. The van der Waals surface area contributed by atoms with Crippen molar-refractivity contribution in [2.24, 2.45) is 0 Å². The molecule has 0 aromatic heterocycles. The predicted octanol–water partition coefficient (Wildman–Crippen LogP) is 3.47. The fourth-order valence-electron chi connectivity index (χ4n) is 1.54. The molecule has 17 heavy (non-hydrogen) atoms. The second kappa shape index (κ2) is 4.09. The third-order valence-electron chi connectivity index (χ3n) is 2.71. The predicted molar refractivity (Wildman–Crippen MR) is 61.4 cm³/mol. The molecule has 2 nitrogen and oxygen atoms in total. The number of aryl methyl sites for hydroxylation is 1. The summed E-state index contributed by atoms with van der Waals surface area (Å²) < 4.78 is 27.0. The van der Waals surface area contributed by atoms with Crippen molar-refractivity contribution in [3.8, 4) is 0 Å². The van der Waals surface area contributed by atoms with E-state index in [-0.39, 0.29) is 11.0 Å². The summed E-state index contributed by atoms with van der Waals surface area (Å²) in [4.78, 5) is 10.6. The first-order valence-electron chi connectivity index (χ1n) is 5.29. The summed E-state index contributed by atoms with van der Waals surface area (Å²) in [6, 6.07) is 4.56. The van der Waals surface area contributed by atoms with Crippen molar-refractivity contribution in [3.05, 3.63) is 34.9 Å². The van der Waals surface area contributed by atoms with Gasteiger partial charge in [0.25, 0.3) is 0 Å². The number of halogens is 2. The number of alkyl halides is 2. The molecular formula is C13H16F2O2. The molecule has 0 heterocycles. The first-order valence-corrected chi connectivity index (χ1v) is 5.29. The Balaban J connectivity index is 3.39. The van der Waals surface area contributed by atoms with Gasteiger partial charge in [-0.15, -0.1) is 0 Å². The molecule has 0 unspecified atom stereocenters. The summed E-state index contributed by atoms with van der Waals surface area (Å²) in [6.45, 7) is 7.15. The number of aliphatic carboxylic acids is 1. The van der Waals surface area contributed by atoms with Gasteiger partial charge in [0.2, 0.25) is 0 Å². The largest absolute Gasteiger partial charge is 0.477 e. The van der Waals surface area contributed by atoms with Gasteiger partial charge in [0.15, 0.2) is 0 Å². The van der Waals surface area contributed by atoms with Crippen LogP contribution in [0.5, 0.6) is 0 Å². The lowest BCUT2D eigenvalue weighted by atomic mass is 9.84. The molecule has 0 fully saturated rings. The van der Waals surface area contributed by atoms with E-state index in [2.05, 4.69) is 0 Å². The zero-order chi connectivity index (χ0) is 13.4. The smallest absolute Gasteiger partial charge is 0.379 e. The third kappa shape index (κ3) is 2.62. The summed E-state index contributed by atoms with van der Waals surface area (Å²) in [5, 5.41) is 8.56. The van der Waals surface area contributed by atoms with E-state index >= 15 is 0 Å². The topological polar surface area (TPSA) is 37.3 Å². The molecule has 0 saturated carbocycles. The van der Waals surface area contributed by atoms with E-state index in [1.807, 2.05) is 20.8 Å². The highest BCUT2D eigenvalue weighted by Crippen LogP contribution is 2.34. The van der Waals surface area contributed by atoms with Crippen molar-refractivity contribution in [1.82, 2.24) is 0 Å². The van der Waals surface area contributed by atoms with Crippen molar-refractivity contribution in [2.45, 2.75) is 39.0 Å². The first-order chi connectivity index (χ1) is 7.56. The second-order valence-electron chi connectivity index (χ2n) is 5.16. The number of hydrogen-bond acceptors (Lipinski definition) is 1. The van der Waals surface area contributed by atoms with Crippen molar-refractivity contribution >= 4 is 5.97 Å². The van der Waals surface area contributed by atoms with Crippen LogP contribution in [-0.2, 0) is 16.1 Å². The number of hydrogen-bond donors (Lipinski definition) is 1. The van der Waals surface area contributed by atoms with Crippen LogP contribution in [0.15, 0.2) is 18.2 Å². The minimum absolute atomic E-state index is 0.283. The quantitative estimate of drug-likeness (QED) is 0.862. The molecule has 0 aliphatic heterocycles. The van der Waals surface area contributed by atoms with Gasteiger partial charge in [0, 0.05) is 5.56 Å². The molecule has 0 saturated heterocycles. The van der Waals surface area contributed by atoms with E-state index in [1.165, 1.54) is 19.1 Å². The molecule has 1 aromatic rings. The minimum Gasteiger partial charge on any atom is -0.477 e. The number of carboxylic acids is 1. The maximum atomic E-state index is 13.5. The summed E-state index contributed by atoms with van der Waals surface area (Å²) in [5.74, 6) is -5.96. The highest BCUT2D eigenvalue weighted by atomic mass is 19.3. The van der Waals surface area contributed by atoms with E-state index < -0.39 is 17.5 Å². The molecular weight excluding hydrogens is 226 g/mol. The van der Waals surface area contributed by atoms with Crippen LogP contribution in [0.4, 0.5) is 8.78 Å². The van der Waals surface area contributed by atoms with Gasteiger partial charge in [-0.1, -0.05) is 32.9 Å². The maximum Gasteiger partial charge on any atom is 0.379 e. The van der Waals surface area contributed by atoms with Crippen LogP contribution in [-0.4, -0.2) is 11.1 Å². The number of rotatable bonds is 2. The number of benzene rings is 1. The highest BCUT2D eigenvalue weighted by molar-refractivity contribution is 5.78. The maximum absolute atomic E-state index is 13.5.